The summed E-state index contributed by atoms with van der Waals surface area (Å²) in [6.07, 6.45) is 7.41. The number of nitrogens with zero attached hydrogens (tertiary/aromatic N) is 5. The number of amides is 1. The summed E-state index contributed by atoms with van der Waals surface area (Å²) in [6, 6.07) is 1.67. The number of pyridine rings is 1. The molecule has 0 aliphatic carbocycles. The highest BCUT2D eigenvalue weighted by Crippen LogP contribution is 2.17. The van der Waals surface area contributed by atoms with E-state index in [0.29, 0.717) is 17.4 Å². The lowest BCUT2D eigenvalue weighted by molar-refractivity contribution is 0.102. The maximum atomic E-state index is 14.2. The van der Waals surface area contributed by atoms with Crippen LogP contribution >= 0.6 is 0 Å². The number of hydrogen-bond donors (Lipinski definition) is 2. The maximum absolute atomic E-state index is 14.2. The van der Waals surface area contributed by atoms with Crippen molar-refractivity contribution in [2.45, 2.75) is 26.3 Å². The Balaban J connectivity index is 1.48. The lowest BCUT2D eigenvalue weighted by Crippen LogP contribution is -2.50. The monoisotopic (exact) mass is 383 g/mol. The van der Waals surface area contributed by atoms with Gasteiger partial charge in [0.15, 0.2) is 11.5 Å². The molecule has 2 N–H and O–H groups in total. The van der Waals surface area contributed by atoms with Gasteiger partial charge >= 0.3 is 0 Å². The SMILES string of the molecule is CC[C@@H]1CN(c2cnc(C(=O)Nc3cc(F)c4nc(C)cn4c3)cn2)CCN1. The van der Waals surface area contributed by atoms with E-state index in [4.69, 9.17) is 0 Å². The minimum absolute atomic E-state index is 0.174. The van der Waals surface area contributed by atoms with Crippen LogP contribution in [0.2, 0.25) is 0 Å². The highest BCUT2D eigenvalue weighted by Gasteiger charge is 2.20. The number of hydrogen-bond acceptors (Lipinski definition) is 6. The molecule has 0 bridgehead atoms. The molecule has 1 atom stereocenters. The Bertz CT molecular complexity index is 1000. The Morgan fingerprint density at radius 2 is 2.21 bits per heavy atom. The number of carbonyl (C=O) groups is 1. The molecule has 28 heavy (non-hydrogen) atoms. The zero-order valence-electron chi connectivity index (χ0n) is 15.8. The molecule has 9 heteroatoms. The third-order valence-corrected chi connectivity index (χ3v) is 4.83. The Hall–Kier alpha value is -3.07. The smallest absolute Gasteiger partial charge is 0.275 e. The fourth-order valence-electron chi connectivity index (χ4n) is 3.35. The molecule has 1 saturated heterocycles. The molecule has 0 aromatic carbocycles. The topological polar surface area (TPSA) is 87.5 Å². The lowest BCUT2D eigenvalue weighted by atomic mass is 10.1. The molecule has 1 aliphatic rings. The summed E-state index contributed by atoms with van der Waals surface area (Å²) in [5, 5.41) is 6.12. The number of piperazine rings is 1. The molecule has 1 aliphatic heterocycles. The normalized spacial score (nSPS) is 17.1. The van der Waals surface area contributed by atoms with Gasteiger partial charge < -0.3 is 19.9 Å². The number of nitrogens with one attached hydrogen (secondary N) is 2. The van der Waals surface area contributed by atoms with Crippen molar-refractivity contribution < 1.29 is 9.18 Å². The highest BCUT2D eigenvalue weighted by atomic mass is 19.1. The van der Waals surface area contributed by atoms with Gasteiger partial charge in [-0.2, -0.15) is 0 Å². The van der Waals surface area contributed by atoms with Crippen molar-refractivity contribution in [3.8, 4) is 0 Å². The Kier molecular flexibility index (Phi) is 4.91. The number of fused-ring (bicyclic) bond motifs is 1. The number of imidazole rings is 1. The summed E-state index contributed by atoms with van der Waals surface area (Å²) in [5.74, 6) is -0.198. The van der Waals surface area contributed by atoms with Crippen molar-refractivity contribution in [3.05, 3.63) is 48.1 Å². The van der Waals surface area contributed by atoms with Crippen LogP contribution < -0.4 is 15.5 Å². The predicted molar refractivity (Wildman–Crippen MR) is 104 cm³/mol. The summed E-state index contributed by atoms with van der Waals surface area (Å²) in [5.41, 5.74) is 1.42. The van der Waals surface area contributed by atoms with Crippen LogP contribution in [0.5, 0.6) is 0 Å². The Morgan fingerprint density at radius 1 is 1.36 bits per heavy atom. The van der Waals surface area contributed by atoms with Crippen LogP contribution in [0, 0.1) is 12.7 Å². The van der Waals surface area contributed by atoms with E-state index in [1.807, 2.05) is 0 Å². The molecular weight excluding hydrogens is 361 g/mol. The van der Waals surface area contributed by atoms with Crippen molar-refractivity contribution >= 4 is 23.1 Å². The number of halogens is 1. The average Bonchev–Trinajstić information content (AvgIpc) is 3.09. The third-order valence-electron chi connectivity index (χ3n) is 4.83. The van der Waals surface area contributed by atoms with Crippen molar-refractivity contribution in [1.82, 2.24) is 24.7 Å². The summed E-state index contributed by atoms with van der Waals surface area (Å²) < 4.78 is 15.7. The van der Waals surface area contributed by atoms with Crippen LogP contribution in [0.25, 0.3) is 5.65 Å². The number of anilines is 2. The second-order valence-electron chi connectivity index (χ2n) is 6.91. The van der Waals surface area contributed by atoms with Crippen LogP contribution in [0.4, 0.5) is 15.9 Å². The lowest BCUT2D eigenvalue weighted by Gasteiger charge is -2.33. The summed E-state index contributed by atoms with van der Waals surface area (Å²) in [6.45, 7) is 6.53. The summed E-state index contributed by atoms with van der Waals surface area (Å²) >= 11 is 0. The summed E-state index contributed by atoms with van der Waals surface area (Å²) in [4.78, 5) is 27.4. The first-order valence-corrected chi connectivity index (χ1v) is 9.30. The molecule has 3 aromatic heterocycles. The first kappa shape index (κ1) is 18.3. The van der Waals surface area contributed by atoms with Crippen LogP contribution in [0.3, 0.4) is 0 Å². The molecule has 1 fully saturated rings. The van der Waals surface area contributed by atoms with Gasteiger partial charge in [-0.05, 0) is 13.3 Å². The van der Waals surface area contributed by atoms with Gasteiger partial charge in [-0.1, -0.05) is 6.92 Å². The van der Waals surface area contributed by atoms with Gasteiger partial charge in [-0.15, -0.1) is 0 Å². The van der Waals surface area contributed by atoms with Gasteiger partial charge in [0.2, 0.25) is 0 Å². The minimum atomic E-state index is -0.503. The summed E-state index contributed by atoms with van der Waals surface area (Å²) in [7, 11) is 0. The number of aromatic nitrogens is 4. The van der Waals surface area contributed by atoms with Gasteiger partial charge in [0.25, 0.3) is 5.91 Å². The third kappa shape index (κ3) is 3.65. The molecule has 0 spiro atoms. The molecule has 0 unspecified atom stereocenters. The molecule has 146 valence electrons. The molecule has 1 amide bonds. The van der Waals surface area contributed by atoms with E-state index in [2.05, 4.69) is 37.4 Å². The number of rotatable bonds is 4. The van der Waals surface area contributed by atoms with Crippen LogP contribution in [-0.4, -0.2) is 50.9 Å². The number of carbonyl (C=O) groups excluding carboxylic acids is 1. The van der Waals surface area contributed by atoms with Gasteiger partial charge in [-0.3, -0.25) is 4.79 Å². The molecule has 3 aromatic rings. The van der Waals surface area contributed by atoms with Crippen molar-refractivity contribution in [2.24, 2.45) is 0 Å². The Morgan fingerprint density at radius 3 is 2.96 bits per heavy atom. The van der Waals surface area contributed by atoms with E-state index in [1.165, 1.54) is 12.3 Å². The zero-order valence-corrected chi connectivity index (χ0v) is 15.8. The van der Waals surface area contributed by atoms with Gasteiger partial charge in [0, 0.05) is 44.1 Å². The second-order valence-corrected chi connectivity index (χ2v) is 6.91. The van der Waals surface area contributed by atoms with Gasteiger partial charge in [-0.25, -0.2) is 19.3 Å². The van der Waals surface area contributed by atoms with E-state index < -0.39 is 11.7 Å². The molecule has 4 rings (SSSR count). The minimum Gasteiger partial charge on any atom is -0.353 e. The average molecular weight is 383 g/mol. The van der Waals surface area contributed by atoms with E-state index in [0.717, 1.165) is 31.9 Å². The highest BCUT2D eigenvalue weighted by molar-refractivity contribution is 6.02. The molecule has 0 radical (unpaired) electrons. The van der Waals surface area contributed by atoms with Crippen molar-refractivity contribution in [1.29, 1.82) is 0 Å². The molecule has 8 nitrogen and oxygen atoms in total. The van der Waals surface area contributed by atoms with Crippen LogP contribution in [0.1, 0.15) is 29.5 Å². The maximum Gasteiger partial charge on any atom is 0.275 e. The molecule has 0 saturated carbocycles. The quantitative estimate of drug-likeness (QED) is 0.717. The van der Waals surface area contributed by atoms with Crippen molar-refractivity contribution in [2.75, 3.05) is 29.9 Å². The largest absolute Gasteiger partial charge is 0.353 e. The second kappa shape index (κ2) is 7.51. The standard InChI is InChI=1S/C19H22FN7O/c1-3-13-10-26(5-4-21-13)17-8-22-16(7-23-17)19(28)25-14-6-15(20)18-24-12(2)9-27(18)11-14/h6-9,11,13,21H,3-5,10H2,1-2H3,(H,25,28)/t13-/m1/s1. The van der Waals surface area contributed by atoms with E-state index in [-0.39, 0.29) is 11.3 Å². The molecule has 4 heterocycles. The van der Waals surface area contributed by atoms with Gasteiger partial charge in [0.1, 0.15) is 11.5 Å². The molecular formula is C19H22FN7O. The van der Waals surface area contributed by atoms with Crippen molar-refractivity contribution in [3.63, 3.8) is 0 Å². The van der Waals surface area contributed by atoms with Crippen LogP contribution in [0.15, 0.2) is 30.9 Å². The first-order valence-electron chi connectivity index (χ1n) is 9.30. The predicted octanol–water partition coefficient (Wildman–Crippen LogP) is 2.01. The van der Waals surface area contributed by atoms with Gasteiger partial charge in [0.05, 0.1) is 23.8 Å². The Labute approximate surface area is 161 Å². The van der Waals surface area contributed by atoms with E-state index in [1.54, 1.807) is 29.9 Å². The fraction of sp³-hybridized carbons (Fsp3) is 0.368. The number of aryl methyl sites for hydroxylation is 1. The van der Waals surface area contributed by atoms with E-state index in [9.17, 15) is 9.18 Å². The fourth-order valence-corrected chi connectivity index (χ4v) is 3.35. The van der Waals surface area contributed by atoms with Crippen LogP contribution in [-0.2, 0) is 0 Å². The zero-order chi connectivity index (χ0) is 19.7. The first-order chi connectivity index (χ1) is 13.5. The van der Waals surface area contributed by atoms with E-state index >= 15 is 0 Å².